The molecule has 0 aromatic heterocycles. The molecule has 0 fully saturated rings. The van der Waals surface area contributed by atoms with Crippen molar-refractivity contribution in [3.63, 3.8) is 0 Å². The lowest BCUT2D eigenvalue weighted by atomic mass is 10.0. The Hall–Kier alpha value is -0.780. The first-order chi connectivity index (χ1) is 8.98. The molecular formula is C13H17Cl2NO3S. The van der Waals surface area contributed by atoms with Crippen molar-refractivity contribution in [2.45, 2.75) is 44.6 Å². The number of amides is 1. The van der Waals surface area contributed by atoms with Crippen molar-refractivity contribution in [3.8, 4) is 0 Å². The minimum atomic E-state index is -3.95. The SMILES string of the molecule is CCC(C)(C)NC(=O)c1cc(Cl)cc(S(=O)(=O)Cl)c1C. The van der Waals surface area contributed by atoms with Crippen LogP contribution < -0.4 is 5.32 Å². The molecular weight excluding hydrogens is 321 g/mol. The van der Waals surface area contributed by atoms with Gasteiger partial charge in [0.15, 0.2) is 0 Å². The van der Waals surface area contributed by atoms with Crippen LogP contribution in [0.4, 0.5) is 0 Å². The third-order valence-electron chi connectivity index (χ3n) is 3.17. The fraction of sp³-hybridized carbons (Fsp3) is 0.462. The molecule has 1 rings (SSSR count). The van der Waals surface area contributed by atoms with Crippen molar-refractivity contribution >= 4 is 37.2 Å². The number of carbonyl (C=O) groups excluding carboxylic acids is 1. The molecule has 4 nitrogen and oxygen atoms in total. The van der Waals surface area contributed by atoms with Gasteiger partial charge in [0.1, 0.15) is 0 Å². The smallest absolute Gasteiger partial charge is 0.261 e. The van der Waals surface area contributed by atoms with Crippen LogP contribution in [0.1, 0.15) is 43.1 Å². The van der Waals surface area contributed by atoms with Crippen LogP contribution in [0.15, 0.2) is 17.0 Å². The molecule has 1 aromatic rings. The highest BCUT2D eigenvalue weighted by Gasteiger charge is 2.24. The molecule has 0 bridgehead atoms. The Kier molecular flexibility index (Phi) is 5.11. The second-order valence-corrected chi connectivity index (χ2v) is 8.18. The van der Waals surface area contributed by atoms with Gasteiger partial charge in [-0.05, 0) is 44.9 Å². The molecule has 0 aliphatic rings. The fourth-order valence-electron chi connectivity index (χ4n) is 1.61. The third kappa shape index (κ3) is 4.11. The quantitative estimate of drug-likeness (QED) is 0.855. The zero-order valence-corrected chi connectivity index (χ0v) is 14.1. The fourth-order valence-corrected chi connectivity index (χ4v) is 3.11. The Bertz CT molecular complexity index is 639. The maximum absolute atomic E-state index is 12.3. The van der Waals surface area contributed by atoms with Gasteiger partial charge in [-0.3, -0.25) is 4.79 Å². The van der Waals surface area contributed by atoms with E-state index in [0.29, 0.717) is 0 Å². The van der Waals surface area contributed by atoms with E-state index in [1.807, 2.05) is 20.8 Å². The largest absolute Gasteiger partial charge is 0.347 e. The standard InChI is InChI=1S/C13H17Cl2NO3S/c1-5-13(3,4)16-12(17)10-6-9(14)7-11(8(10)2)20(15,18)19/h6-7H,5H2,1-4H3,(H,16,17). The van der Waals surface area contributed by atoms with Gasteiger partial charge in [0.2, 0.25) is 0 Å². The number of benzene rings is 1. The summed E-state index contributed by atoms with van der Waals surface area (Å²) in [4.78, 5) is 12.1. The normalized spacial score (nSPS) is 12.3. The maximum Gasteiger partial charge on any atom is 0.261 e. The summed E-state index contributed by atoms with van der Waals surface area (Å²) < 4.78 is 23.0. The van der Waals surface area contributed by atoms with Crippen LogP contribution in [-0.4, -0.2) is 19.9 Å². The molecule has 0 spiro atoms. The zero-order chi connectivity index (χ0) is 15.7. The Morgan fingerprint density at radius 1 is 1.35 bits per heavy atom. The topological polar surface area (TPSA) is 63.2 Å². The Balaban J connectivity index is 3.33. The highest BCUT2D eigenvalue weighted by atomic mass is 35.7. The predicted molar refractivity (Wildman–Crippen MR) is 81.1 cm³/mol. The van der Waals surface area contributed by atoms with Crippen LogP contribution in [0.2, 0.25) is 5.02 Å². The summed E-state index contributed by atoms with van der Waals surface area (Å²) in [5.41, 5.74) is 0.0957. The Morgan fingerprint density at radius 2 is 1.90 bits per heavy atom. The third-order valence-corrected chi connectivity index (χ3v) is 4.83. The van der Waals surface area contributed by atoms with Gasteiger partial charge in [-0.1, -0.05) is 18.5 Å². The number of carbonyl (C=O) groups is 1. The summed E-state index contributed by atoms with van der Waals surface area (Å²) in [6.45, 7) is 7.23. The van der Waals surface area contributed by atoms with Crippen molar-refractivity contribution in [3.05, 3.63) is 28.3 Å². The van der Waals surface area contributed by atoms with Crippen molar-refractivity contribution in [1.82, 2.24) is 5.32 Å². The molecule has 0 unspecified atom stereocenters. The summed E-state index contributed by atoms with van der Waals surface area (Å²) >= 11 is 5.87. The Labute approximate surface area is 128 Å². The van der Waals surface area contributed by atoms with Crippen molar-refractivity contribution in [2.75, 3.05) is 0 Å². The summed E-state index contributed by atoms with van der Waals surface area (Å²) in [6.07, 6.45) is 0.735. The molecule has 1 amide bonds. The highest BCUT2D eigenvalue weighted by Crippen LogP contribution is 2.27. The van der Waals surface area contributed by atoms with Gasteiger partial charge in [-0.25, -0.2) is 8.42 Å². The van der Waals surface area contributed by atoms with Crippen molar-refractivity contribution in [2.24, 2.45) is 0 Å². The molecule has 1 aromatic carbocycles. The number of rotatable bonds is 4. The zero-order valence-electron chi connectivity index (χ0n) is 11.8. The van der Waals surface area contributed by atoms with Crippen LogP contribution >= 0.6 is 22.3 Å². The minimum absolute atomic E-state index is 0.147. The van der Waals surface area contributed by atoms with E-state index in [1.165, 1.54) is 19.1 Å². The second kappa shape index (κ2) is 5.92. The molecule has 0 aliphatic heterocycles. The summed E-state index contributed by atoms with van der Waals surface area (Å²) in [7, 11) is 1.40. The van der Waals surface area contributed by atoms with Gasteiger partial charge >= 0.3 is 0 Å². The molecule has 112 valence electrons. The molecule has 0 saturated heterocycles. The van der Waals surface area contributed by atoms with E-state index in [9.17, 15) is 13.2 Å². The average molecular weight is 338 g/mol. The molecule has 0 saturated carbocycles. The second-order valence-electron chi connectivity index (χ2n) is 5.21. The monoisotopic (exact) mass is 337 g/mol. The van der Waals surface area contributed by atoms with E-state index in [2.05, 4.69) is 5.32 Å². The van der Waals surface area contributed by atoms with Crippen LogP contribution in [-0.2, 0) is 9.05 Å². The molecule has 0 atom stereocenters. The van der Waals surface area contributed by atoms with E-state index in [1.54, 1.807) is 0 Å². The number of halogens is 2. The van der Waals surface area contributed by atoms with Crippen molar-refractivity contribution in [1.29, 1.82) is 0 Å². The lowest BCUT2D eigenvalue weighted by Crippen LogP contribution is -2.43. The van der Waals surface area contributed by atoms with Crippen LogP contribution in [0, 0.1) is 6.92 Å². The molecule has 0 aliphatic carbocycles. The number of hydrogen-bond acceptors (Lipinski definition) is 3. The van der Waals surface area contributed by atoms with E-state index >= 15 is 0 Å². The van der Waals surface area contributed by atoms with Crippen molar-refractivity contribution < 1.29 is 13.2 Å². The molecule has 20 heavy (non-hydrogen) atoms. The molecule has 0 heterocycles. The first kappa shape index (κ1) is 17.3. The van der Waals surface area contributed by atoms with Crippen LogP contribution in [0.5, 0.6) is 0 Å². The first-order valence-corrected chi connectivity index (χ1v) is 8.74. The number of nitrogens with one attached hydrogen (secondary N) is 1. The van der Waals surface area contributed by atoms with E-state index in [4.69, 9.17) is 22.3 Å². The Morgan fingerprint density at radius 3 is 2.35 bits per heavy atom. The highest BCUT2D eigenvalue weighted by molar-refractivity contribution is 8.13. The van der Waals surface area contributed by atoms with Gasteiger partial charge < -0.3 is 5.32 Å². The lowest BCUT2D eigenvalue weighted by molar-refractivity contribution is 0.0910. The van der Waals surface area contributed by atoms with E-state index in [0.717, 1.165) is 6.42 Å². The van der Waals surface area contributed by atoms with E-state index in [-0.39, 0.29) is 27.0 Å². The van der Waals surface area contributed by atoms with Crippen LogP contribution in [0.25, 0.3) is 0 Å². The number of hydrogen-bond donors (Lipinski definition) is 1. The lowest BCUT2D eigenvalue weighted by Gasteiger charge is -2.25. The van der Waals surface area contributed by atoms with Gasteiger partial charge in [0.25, 0.3) is 15.0 Å². The summed E-state index contributed by atoms with van der Waals surface area (Å²) in [5, 5.41) is 2.98. The van der Waals surface area contributed by atoms with Gasteiger partial charge in [0.05, 0.1) is 4.90 Å². The predicted octanol–water partition coefficient (Wildman–Crippen LogP) is 3.49. The summed E-state index contributed by atoms with van der Waals surface area (Å²) in [5.74, 6) is -0.376. The summed E-state index contributed by atoms with van der Waals surface area (Å²) in [6, 6.07) is 2.67. The van der Waals surface area contributed by atoms with Crippen LogP contribution in [0.3, 0.4) is 0 Å². The minimum Gasteiger partial charge on any atom is -0.347 e. The molecule has 1 N–H and O–H groups in total. The van der Waals surface area contributed by atoms with Gasteiger partial charge in [0, 0.05) is 26.8 Å². The first-order valence-electron chi connectivity index (χ1n) is 6.05. The van der Waals surface area contributed by atoms with E-state index < -0.39 is 14.6 Å². The molecule has 7 heteroatoms. The average Bonchev–Trinajstić information content (AvgIpc) is 2.29. The molecule has 0 radical (unpaired) electrons. The van der Waals surface area contributed by atoms with Gasteiger partial charge in [-0.2, -0.15) is 0 Å². The van der Waals surface area contributed by atoms with Gasteiger partial charge in [-0.15, -0.1) is 0 Å². The maximum atomic E-state index is 12.3.